The van der Waals surface area contributed by atoms with Crippen molar-refractivity contribution in [3.63, 3.8) is 0 Å². The van der Waals surface area contributed by atoms with Gasteiger partial charge in [-0.25, -0.2) is 0 Å². The molecule has 1 saturated heterocycles. The zero-order valence-corrected chi connectivity index (χ0v) is 21.0. The molecule has 0 atom stereocenters. The van der Waals surface area contributed by atoms with Gasteiger partial charge in [0, 0.05) is 56.4 Å². The molecule has 0 spiro atoms. The van der Waals surface area contributed by atoms with E-state index in [-0.39, 0.29) is 0 Å². The SMILES string of the molecule is C#CCN1CCN(CCOc2cc3ncc(C#N)c(Nc4nc(OC)ccc4Cl)c3cc2OC)CC1. The smallest absolute Gasteiger partial charge is 0.214 e. The Morgan fingerprint density at radius 2 is 1.89 bits per heavy atom. The summed E-state index contributed by atoms with van der Waals surface area (Å²) in [6.07, 6.45) is 6.92. The van der Waals surface area contributed by atoms with E-state index in [2.05, 4.69) is 37.1 Å². The Kier molecular flexibility index (Phi) is 8.29. The molecular formula is C26H27ClN6O3. The number of anilines is 2. The van der Waals surface area contributed by atoms with Gasteiger partial charge in [-0.2, -0.15) is 10.2 Å². The van der Waals surface area contributed by atoms with Crippen molar-refractivity contribution in [3.05, 3.63) is 41.0 Å². The third-order valence-corrected chi connectivity index (χ3v) is 6.30. The summed E-state index contributed by atoms with van der Waals surface area (Å²) in [6.45, 7) is 5.80. The van der Waals surface area contributed by atoms with E-state index in [1.807, 2.05) is 6.07 Å². The lowest BCUT2D eigenvalue weighted by molar-refractivity contribution is 0.125. The average molecular weight is 507 g/mol. The van der Waals surface area contributed by atoms with Crippen LogP contribution in [0.4, 0.5) is 11.5 Å². The summed E-state index contributed by atoms with van der Waals surface area (Å²) in [7, 11) is 3.10. The van der Waals surface area contributed by atoms with Crippen LogP contribution in [0.25, 0.3) is 10.9 Å². The Morgan fingerprint density at radius 3 is 2.58 bits per heavy atom. The van der Waals surface area contributed by atoms with Crippen LogP contribution in [0, 0.1) is 23.7 Å². The molecule has 0 saturated carbocycles. The summed E-state index contributed by atoms with van der Waals surface area (Å²) in [5.41, 5.74) is 1.48. The number of benzene rings is 1. The Morgan fingerprint density at radius 1 is 1.11 bits per heavy atom. The van der Waals surface area contributed by atoms with E-state index in [1.54, 1.807) is 25.3 Å². The molecule has 4 rings (SSSR count). The molecule has 3 aromatic rings. The van der Waals surface area contributed by atoms with Gasteiger partial charge in [-0.1, -0.05) is 17.5 Å². The van der Waals surface area contributed by atoms with Crippen molar-refractivity contribution in [2.24, 2.45) is 0 Å². The van der Waals surface area contributed by atoms with Gasteiger partial charge in [0.15, 0.2) is 17.3 Å². The molecule has 10 heteroatoms. The van der Waals surface area contributed by atoms with Crippen LogP contribution in [0.15, 0.2) is 30.5 Å². The number of rotatable bonds is 9. The van der Waals surface area contributed by atoms with Gasteiger partial charge in [0.2, 0.25) is 5.88 Å². The molecule has 1 N–H and O–H groups in total. The molecule has 1 aliphatic heterocycles. The first kappa shape index (κ1) is 25.3. The Balaban J connectivity index is 1.55. The van der Waals surface area contributed by atoms with E-state index in [0.29, 0.717) is 63.5 Å². The molecule has 1 fully saturated rings. The first-order valence-electron chi connectivity index (χ1n) is 11.5. The van der Waals surface area contributed by atoms with Crippen LogP contribution in [-0.2, 0) is 0 Å². The van der Waals surface area contributed by atoms with Crippen molar-refractivity contribution >= 4 is 34.0 Å². The quantitative estimate of drug-likeness (QED) is 0.437. The van der Waals surface area contributed by atoms with Crippen LogP contribution in [0.2, 0.25) is 5.02 Å². The van der Waals surface area contributed by atoms with Crippen molar-refractivity contribution in [2.45, 2.75) is 0 Å². The standard InChI is InChI=1S/C26H27ClN6O3/c1-4-7-32-8-10-33(11-9-32)12-13-36-23-15-21-19(14-22(23)34-2)25(18(16-28)17-29-21)31-26-20(27)5-6-24(30-26)35-3/h1,5-6,14-15,17H,7-13H2,2-3H3,(H,29,30,31). The van der Waals surface area contributed by atoms with Crippen LogP contribution in [-0.4, -0.2) is 79.9 Å². The summed E-state index contributed by atoms with van der Waals surface area (Å²) < 4.78 is 16.9. The maximum Gasteiger partial charge on any atom is 0.214 e. The van der Waals surface area contributed by atoms with Crippen molar-refractivity contribution in [2.75, 3.05) is 65.4 Å². The number of aromatic nitrogens is 2. The van der Waals surface area contributed by atoms with Crippen molar-refractivity contribution < 1.29 is 14.2 Å². The number of fused-ring (bicyclic) bond motifs is 1. The lowest BCUT2D eigenvalue weighted by atomic mass is 10.1. The second-order valence-corrected chi connectivity index (χ2v) is 8.57. The van der Waals surface area contributed by atoms with Crippen LogP contribution in [0.3, 0.4) is 0 Å². The fourth-order valence-electron chi connectivity index (χ4n) is 4.02. The number of hydrogen-bond donors (Lipinski definition) is 1. The maximum absolute atomic E-state index is 9.71. The molecule has 9 nitrogen and oxygen atoms in total. The number of piperazine rings is 1. The Hall–Kier alpha value is -3.76. The van der Waals surface area contributed by atoms with Gasteiger partial charge in [0.05, 0.1) is 42.6 Å². The molecule has 0 amide bonds. The van der Waals surface area contributed by atoms with Crippen LogP contribution < -0.4 is 19.5 Å². The predicted molar refractivity (Wildman–Crippen MR) is 139 cm³/mol. The van der Waals surface area contributed by atoms with E-state index in [4.69, 9.17) is 32.2 Å². The normalized spacial score (nSPS) is 14.1. The second-order valence-electron chi connectivity index (χ2n) is 8.16. The summed E-state index contributed by atoms with van der Waals surface area (Å²) in [4.78, 5) is 13.4. The average Bonchev–Trinajstić information content (AvgIpc) is 2.90. The van der Waals surface area contributed by atoms with Crippen molar-refractivity contribution in [3.8, 4) is 35.8 Å². The van der Waals surface area contributed by atoms with Gasteiger partial charge in [-0.15, -0.1) is 6.42 Å². The number of ether oxygens (including phenoxy) is 3. The zero-order chi connectivity index (χ0) is 25.5. The fraction of sp³-hybridized carbons (Fsp3) is 0.346. The molecule has 0 unspecified atom stereocenters. The lowest BCUT2D eigenvalue weighted by Crippen LogP contribution is -2.47. The minimum absolute atomic E-state index is 0.336. The number of halogens is 1. The van der Waals surface area contributed by atoms with E-state index in [0.717, 1.165) is 32.7 Å². The molecule has 1 aliphatic rings. The van der Waals surface area contributed by atoms with Crippen LogP contribution in [0.1, 0.15) is 5.56 Å². The number of nitriles is 1. The van der Waals surface area contributed by atoms with Gasteiger partial charge < -0.3 is 19.5 Å². The highest BCUT2D eigenvalue weighted by Crippen LogP contribution is 2.38. The zero-order valence-electron chi connectivity index (χ0n) is 20.3. The van der Waals surface area contributed by atoms with Crippen molar-refractivity contribution in [1.82, 2.24) is 19.8 Å². The van der Waals surface area contributed by atoms with Crippen molar-refractivity contribution in [1.29, 1.82) is 5.26 Å². The third kappa shape index (κ3) is 5.72. The van der Waals surface area contributed by atoms with Crippen LogP contribution >= 0.6 is 11.6 Å². The number of terminal acetylenes is 1. The Labute approximate surface area is 215 Å². The molecular weight excluding hydrogens is 480 g/mol. The number of methoxy groups -OCH3 is 2. The minimum atomic E-state index is 0.336. The van der Waals surface area contributed by atoms with Crippen LogP contribution in [0.5, 0.6) is 17.4 Å². The molecule has 2 aromatic heterocycles. The minimum Gasteiger partial charge on any atom is -0.493 e. The molecule has 0 bridgehead atoms. The summed E-state index contributed by atoms with van der Waals surface area (Å²) >= 11 is 6.34. The molecule has 186 valence electrons. The third-order valence-electron chi connectivity index (χ3n) is 5.99. The fourth-order valence-corrected chi connectivity index (χ4v) is 4.17. The predicted octanol–water partition coefficient (Wildman–Crippen LogP) is 3.55. The van der Waals surface area contributed by atoms with Gasteiger partial charge in [0.25, 0.3) is 0 Å². The highest BCUT2D eigenvalue weighted by atomic mass is 35.5. The first-order chi connectivity index (χ1) is 17.6. The summed E-state index contributed by atoms with van der Waals surface area (Å²) in [5.74, 6) is 4.57. The highest BCUT2D eigenvalue weighted by Gasteiger charge is 2.18. The molecule has 0 aliphatic carbocycles. The van der Waals surface area contributed by atoms with E-state index in [1.165, 1.54) is 13.3 Å². The molecule has 0 radical (unpaired) electrons. The molecule has 1 aromatic carbocycles. The van der Waals surface area contributed by atoms with Gasteiger partial charge in [0.1, 0.15) is 12.7 Å². The topological polar surface area (TPSA) is 95.8 Å². The summed E-state index contributed by atoms with van der Waals surface area (Å²) in [5, 5.41) is 13.9. The highest BCUT2D eigenvalue weighted by molar-refractivity contribution is 6.33. The number of nitrogens with one attached hydrogen (secondary N) is 1. The largest absolute Gasteiger partial charge is 0.493 e. The van der Waals surface area contributed by atoms with E-state index < -0.39 is 0 Å². The monoisotopic (exact) mass is 506 g/mol. The molecule has 3 heterocycles. The van der Waals surface area contributed by atoms with E-state index >= 15 is 0 Å². The first-order valence-corrected chi connectivity index (χ1v) is 11.8. The second kappa shape index (κ2) is 11.8. The lowest BCUT2D eigenvalue weighted by Gasteiger charge is -2.33. The summed E-state index contributed by atoms with van der Waals surface area (Å²) in [6, 6.07) is 9.11. The molecule has 36 heavy (non-hydrogen) atoms. The van der Waals surface area contributed by atoms with Gasteiger partial charge in [-0.3, -0.25) is 14.8 Å². The number of pyridine rings is 2. The van der Waals surface area contributed by atoms with Gasteiger partial charge in [-0.05, 0) is 12.1 Å². The van der Waals surface area contributed by atoms with E-state index in [9.17, 15) is 5.26 Å². The maximum atomic E-state index is 9.71. The number of hydrogen-bond acceptors (Lipinski definition) is 9. The number of nitrogens with zero attached hydrogens (tertiary/aromatic N) is 5. The Bertz CT molecular complexity index is 1310. The van der Waals surface area contributed by atoms with Gasteiger partial charge >= 0.3 is 0 Å².